The lowest BCUT2D eigenvalue weighted by Gasteiger charge is -2.19. The molecule has 0 aliphatic carbocycles. The first-order valence-electron chi connectivity index (χ1n) is 7.48. The Labute approximate surface area is 121 Å². The third-order valence-corrected chi connectivity index (χ3v) is 3.69. The summed E-state index contributed by atoms with van der Waals surface area (Å²) in [5.41, 5.74) is 6.62. The Morgan fingerprint density at radius 3 is 2.75 bits per heavy atom. The van der Waals surface area contributed by atoms with Crippen LogP contribution in [0.3, 0.4) is 0 Å². The van der Waals surface area contributed by atoms with Crippen molar-refractivity contribution in [2.75, 3.05) is 13.1 Å². The van der Waals surface area contributed by atoms with Gasteiger partial charge >= 0.3 is 0 Å². The normalized spacial score (nSPS) is 12.7. The molecule has 0 bridgehead atoms. The van der Waals surface area contributed by atoms with E-state index in [0.717, 1.165) is 25.0 Å². The summed E-state index contributed by atoms with van der Waals surface area (Å²) in [6, 6.07) is 1.97. The smallest absolute Gasteiger partial charge is 0.220 e. The molecule has 1 rings (SSSR count). The molecule has 0 saturated carbocycles. The molecule has 3 N–H and O–H groups in total. The molecule has 0 saturated heterocycles. The average Bonchev–Trinajstić information content (AvgIpc) is 2.80. The summed E-state index contributed by atoms with van der Waals surface area (Å²) in [6.45, 7) is 5.74. The second-order valence-electron chi connectivity index (χ2n) is 5.70. The molecule has 0 aliphatic heterocycles. The van der Waals surface area contributed by atoms with E-state index < -0.39 is 0 Å². The first-order chi connectivity index (χ1) is 9.52. The van der Waals surface area contributed by atoms with E-state index in [0.29, 0.717) is 31.3 Å². The van der Waals surface area contributed by atoms with Crippen molar-refractivity contribution in [2.45, 2.75) is 39.5 Å². The highest BCUT2D eigenvalue weighted by molar-refractivity contribution is 5.75. The third kappa shape index (κ3) is 6.19. The maximum absolute atomic E-state index is 11.8. The summed E-state index contributed by atoms with van der Waals surface area (Å²) in [6.07, 6.45) is 5.20. The molecule has 1 aromatic heterocycles. The van der Waals surface area contributed by atoms with E-state index >= 15 is 0 Å². The minimum atomic E-state index is 0.128. The summed E-state index contributed by atoms with van der Waals surface area (Å²) in [5.74, 6) is 1.25. The number of carbonyl (C=O) groups excluding carboxylic acids is 1. The fourth-order valence-electron chi connectivity index (χ4n) is 2.36. The summed E-state index contributed by atoms with van der Waals surface area (Å²) < 4.78 is 1.78. The maximum atomic E-state index is 11.8. The number of amides is 1. The van der Waals surface area contributed by atoms with Gasteiger partial charge in [-0.25, -0.2) is 0 Å². The minimum absolute atomic E-state index is 0.128. The number of aromatic nitrogens is 2. The lowest BCUT2D eigenvalue weighted by molar-refractivity contribution is -0.121. The van der Waals surface area contributed by atoms with Crippen molar-refractivity contribution in [3.63, 3.8) is 0 Å². The zero-order valence-corrected chi connectivity index (χ0v) is 12.9. The summed E-state index contributed by atoms with van der Waals surface area (Å²) in [7, 11) is 1.89. The van der Waals surface area contributed by atoms with Crippen molar-refractivity contribution < 1.29 is 4.79 Å². The summed E-state index contributed by atoms with van der Waals surface area (Å²) in [5, 5.41) is 7.24. The number of aryl methyl sites for hydroxylation is 1. The quantitative estimate of drug-likeness (QED) is 0.719. The number of rotatable bonds is 9. The van der Waals surface area contributed by atoms with Gasteiger partial charge in [0.1, 0.15) is 0 Å². The van der Waals surface area contributed by atoms with Crippen molar-refractivity contribution >= 4 is 5.91 Å². The van der Waals surface area contributed by atoms with Gasteiger partial charge in [0.05, 0.1) is 5.69 Å². The van der Waals surface area contributed by atoms with Gasteiger partial charge in [0, 0.05) is 32.6 Å². The lowest BCUT2D eigenvalue weighted by Crippen LogP contribution is -2.27. The Hall–Kier alpha value is -1.36. The maximum Gasteiger partial charge on any atom is 0.220 e. The van der Waals surface area contributed by atoms with Crippen LogP contribution in [0.5, 0.6) is 0 Å². The van der Waals surface area contributed by atoms with Gasteiger partial charge in [-0.15, -0.1) is 0 Å². The van der Waals surface area contributed by atoms with Gasteiger partial charge in [-0.2, -0.15) is 5.10 Å². The third-order valence-electron chi connectivity index (χ3n) is 3.69. The highest BCUT2D eigenvalue weighted by Gasteiger charge is 2.14. The molecule has 1 amide bonds. The van der Waals surface area contributed by atoms with Crippen LogP contribution in [-0.2, 0) is 18.3 Å². The Morgan fingerprint density at radius 1 is 1.45 bits per heavy atom. The van der Waals surface area contributed by atoms with E-state index in [1.54, 1.807) is 4.68 Å². The van der Waals surface area contributed by atoms with Gasteiger partial charge < -0.3 is 11.1 Å². The molecule has 0 aromatic carbocycles. The van der Waals surface area contributed by atoms with E-state index in [1.807, 2.05) is 19.3 Å². The standard InChI is InChI=1S/C15H28N4O/c1-12(2)13(6-9-16)4-5-15(20)17-10-7-14-8-11-19(3)18-14/h8,11-13H,4-7,9-10,16H2,1-3H3,(H,17,20). The van der Waals surface area contributed by atoms with Crippen LogP contribution < -0.4 is 11.1 Å². The number of hydrogen-bond donors (Lipinski definition) is 2. The van der Waals surface area contributed by atoms with Crippen LogP contribution in [0.4, 0.5) is 0 Å². The van der Waals surface area contributed by atoms with E-state index in [1.165, 1.54) is 0 Å². The average molecular weight is 280 g/mol. The van der Waals surface area contributed by atoms with E-state index in [4.69, 9.17) is 5.73 Å². The number of carbonyl (C=O) groups is 1. The SMILES string of the molecule is CC(C)C(CCN)CCC(=O)NCCc1ccn(C)n1. The first kappa shape index (κ1) is 16.7. The molecular weight excluding hydrogens is 252 g/mol. The minimum Gasteiger partial charge on any atom is -0.356 e. The predicted octanol–water partition coefficient (Wildman–Crippen LogP) is 1.48. The molecular formula is C15H28N4O. The number of nitrogens with zero attached hydrogens (tertiary/aromatic N) is 2. The second-order valence-corrected chi connectivity index (χ2v) is 5.70. The van der Waals surface area contributed by atoms with Gasteiger partial charge in [0.25, 0.3) is 0 Å². The van der Waals surface area contributed by atoms with Crippen molar-refractivity contribution in [3.8, 4) is 0 Å². The fourth-order valence-corrected chi connectivity index (χ4v) is 2.36. The molecule has 20 heavy (non-hydrogen) atoms. The van der Waals surface area contributed by atoms with Crippen LogP contribution in [-0.4, -0.2) is 28.8 Å². The number of nitrogens with two attached hydrogens (primary N) is 1. The molecule has 1 aromatic rings. The molecule has 0 fully saturated rings. The second kappa shape index (κ2) is 8.74. The topological polar surface area (TPSA) is 72.9 Å². The monoisotopic (exact) mass is 280 g/mol. The lowest BCUT2D eigenvalue weighted by atomic mass is 9.88. The van der Waals surface area contributed by atoms with Crippen LogP contribution in [0, 0.1) is 11.8 Å². The number of nitrogens with one attached hydrogen (secondary N) is 1. The Morgan fingerprint density at radius 2 is 2.20 bits per heavy atom. The zero-order chi connectivity index (χ0) is 15.0. The first-order valence-corrected chi connectivity index (χ1v) is 7.48. The zero-order valence-electron chi connectivity index (χ0n) is 12.9. The van der Waals surface area contributed by atoms with E-state index in [2.05, 4.69) is 24.3 Å². The van der Waals surface area contributed by atoms with Crippen LogP contribution in [0.2, 0.25) is 0 Å². The van der Waals surface area contributed by atoms with Crippen LogP contribution >= 0.6 is 0 Å². The molecule has 114 valence electrons. The van der Waals surface area contributed by atoms with Crippen molar-refractivity contribution in [3.05, 3.63) is 18.0 Å². The van der Waals surface area contributed by atoms with Gasteiger partial charge in [-0.05, 0) is 37.3 Å². The molecule has 5 nitrogen and oxygen atoms in total. The molecule has 1 unspecified atom stereocenters. The van der Waals surface area contributed by atoms with Crippen LogP contribution in [0.15, 0.2) is 12.3 Å². The predicted molar refractivity (Wildman–Crippen MR) is 81.2 cm³/mol. The molecule has 0 radical (unpaired) electrons. The molecule has 0 aliphatic rings. The van der Waals surface area contributed by atoms with Crippen LogP contribution in [0.1, 0.15) is 38.8 Å². The summed E-state index contributed by atoms with van der Waals surface area (Å²) >= 11 is 0. The van der Waals surface area contributed by atoms with Gasteiger partial charge in [-0.3, -0.25) is 9.48 Å². The van der Waals surface area contributed by atoms with Crippen molar-refractivity contribution in [2.24, 2.45) is 24.6 Å². The Bertz CT molecular complexity index is 400. The number of hydrogen-bond acceptors (Lipinski definition) is 3. The molecule has 1 heterocycles. The van der Waals surface area contributed by atoms with Crippen molar-refractivity contribution in [1.82, 2.24) is 15.1 Å². The summed E-state index contributed by atoms with van der Waals surface area (Å²) in [4.78, 5) is 11.8. The molecule has 5 heteroatoms. The highest BCUT2D eigenvalue weighted by atomic mass is 16.1. The van der Waals surface area contributed by atoms with E-state index in [-0.39, 0.29) is 5.91 Å². The largest absolute Gasteiger partial charge is 0.356 e. The Kier molecular flexibility index (Phi) is 7.30. The van der Waals surface area contributed by atoms with E-state index in [9.17, 15) is 4.79 Å². The van der Waals surface area contributed by atoms with Gasteiger partial charge in [-0.1, -0.05) is 13.8 Å². The Balaban J connectivity index is 2.19. The van der Waals surface area contributed by atoms with Crippen LogP contribution in [0.25, 0.3) is 0 Å². The molecule has 1 atom stereocenters. The fraction of sp³-hybridized carbons (Fsp3) is 0.733. The van der Waals surface area contributed by atoms with Gasteiger partial charge in [0.2, 0.25) is 5.91 Å². The molecule has 0 spiro atoms. The van der Waals surface area contributed by atoms with Crippen molar-refractivity contribution in [1.29, 1.82) is 0 Å². The van der Waals surface area contributed by atoms with Gasteiger partial charge in [0.15, 0.2) is 0 Å². The highest BCUT2D eigenvalue weighted by Crippen LogP contribution is 2.20.